The third-order valence-corrected chi connectivity index (χ3v) is 4.81. The summed E-state index contributed by atoms with van der Waals surface area (Å²) in [5.41, 5.74) is 1.36. The van der Waals surface area contributed by atoms with Crippen LogP contribution in [-0.4, -0.2) is 32.9 Å². The predicted octanol–water partition coefficient (Wildman–Crippen LogP) is 1.92. The van der Waals surface area contributed by atoms with Crippen LogP contribution in [0.1, 0.15) is 19.3 Å². The van der Waals surface area contributed by atoms with Gasteiger partial charge in [-0.2, -0.15) is 0 Å². The number of aromatic nitrogens is 2. The van der Waals surface area contributed by atoms with Gasteiger partial charge in [-0.05, 0) is 25.2 Å². The van der Waals surface area contributed by atoms with Crippen LogP contribution in [0.4, 0.5) is 0 Å². The Kier molecular flexibility index (Phi) is 3.48. The summed E-state index contributed by atoms with van der Waals surface area (Å²) in [4.78, 5) is 30.9. The molecule has 0 spiro atoms. The van der Waals surface area contributed by atoms with Crippen molar-refractivity contribution < 1.29 is 4.79 Å². The van der Waals surface area contributed by atoms with Gasteiger partial charge in [0, 0.05) is 24.2 Å². The summed E-state index contributed by atoms with van der Waals surface area (Å²) in [6.07, 6.45) is 5.06. The molecule has 2 aliphatic rings. The Morgan fingerprint density at radius 2 is 1.96 bits per heavy atom. The zero-order chi connectivity index (χ0) is 15.8. The molecular formula is C18H19N3O2. The van der Waals surface area contributed by atoms with Crippen LogP contribution in [0.2, 0.25) is 0 Å². The van der Waals surface area contributed by atoms with E-state index in [1.165, 1.54) is 29.8 Å². The minimum absolute atomic E-state index is 0.0320. The average molecular weight is 309 g/mol. The lowest BCUT2D eigenvalue weighted by Gasteiger charge is -2.41. The van der Waals surface area contributed by atoms with Gasteiger partial charge in [0.25, 0.3) is 5.56 Å². The van der Waals surface area contributed by atoms with Gasteiger partial charge in [-0.15, -0.1) is 0 Å². The maximum atomic E-state index is 12.4. The first-order valence-corrected chi connectivity index (χ1v) is 8.14. The van der Waals surface area contributed by atoms with Crippen LogP contribution in [0.15, 0.2) is 47.5 Å². The second kappa shape index (κ2) is 5.65. The maximum Gasteiger partial charge on any atom is 0.254 e. The lowest BCUT2D eigenvalue weighted by atomic mass is 9.98. The summed E-state index contributed by atoms with van der Waals surface area (Å²) >= 11 is 0. The Hall–Kier alpha value is -2.43. The molecule has 4 rings (SSSR count). The third kappa shape index (κ3) is 2.79. The van der Waals surface area contributed by atoms with Crippen LogP contribution >= 0.6 is 0 Å². The molecule has 118 valence electrons. The van der Waals surface area contributed by atoms with Gasteiger partial charge in [0.1, 0.15) is 6.54 Å². The van der Waals surface area contributed by atoms with Gasteiger partial charge in [-0.3, -0.25) is 14.2 Å². The van der Waals surface area contributed by atoms with E-state index in [2.05, 4.69) is 4.98 Å². The van der Waals surface area contributed by atoms with E-state index in [4.69, 9.17) is 0 Å². The standard InChI is InChI=1S/C18H19N3O2/c22-17-10-15(13-4-2-1-3-5-13)19-12-20(17)11-18(23)21-9-8-16(21)14-6-7-14/h1-5,10,12,14,16H,6-9,11H2. The molecule has 0 bridgehead atoms. The fourth-order valence-electron chi connectivity index (χ4n) is 3.24. The molecule has 23 heavy (non-hydrogen) atoms. The van der Waals surface area contributed by atoms with Crippen molar-refractivity contribution >= 4 is 5.91 Å². The van der Waals surface area contributed by atoms with Crippen molar-refractivity contribution in [2.45, 2.75) is 31.8 Å². The zero-order valence-corrected chi connectivity index (χ0v) is 12.9. The highest BCUT2D eigenvalue weighted by atomic mass is 16.2. The molecule has 0 radical (unpaired) electrons. The predicted molar refractivity (Wildman–Crippen MR) is 86.8 cm³/mol. The van der Waals surface area contributed by atoms with Crippen molar-refractivity contribution in [3.05, 3.63) is 53.1 Å². The molecule has 2 aromatic rings. The van der Waals surface area contributed by atoms with Crippen molar-refractivity contribution in [1.82, 2.24) is 14.5 Å². The van der Waals surface area contributed by atoms with Crippen molar-refractivity contribution in [3.63, 3.8) is 0 Å². The summed E-state index contributed by atoms with van der Waals surface area (Å²) in [5.74, 6) is 0.729. The molecular weight excluding hydrogens is 290 g/mol. The Bertz CT molecular complexity index is 780. The molecule has 1 unspecified atom stereocenters. The van der Waals surface area contributed by atoms with E-state index in [1.54, 1.807) is 0 Å². The lowest BCUT2D eigenvalue weighted by molar-refractivity contribution is -0.140. The Balaban J connectivity index is 1.49. The van der Waals surface area contributed by atoms with E-state index < -0.39 is 0 Å². The molecule has 2 fully saturated rings. The van der Waals surface area contributed by atoms with E-state index in [0.29, 0.717) is 17.7 Å². The zero-order valence-electron chi connectivity index (χ0n) is 12.9. The third-order valence-electron chi connectivity index (χ3n) is 4.81. The number of hydrogen-bond donors (Lipinski definition) is 0. The second-order valence-electron chi connectivity index (χ2n) is 6.39. The molecule has 1 atom stereocenters. The summed E-state index contributed by atoms with van der Waals surface area (Å²) < 4.78 is 1.40. The van der Waals surface area contributed by atoms with Gasteiger partial charge >= 0.3 is 0 Å². The van der Waals surface area contributed by atoms with Crippen molar-refractivity contribution in [2.75, 3.05) is 6.54 Å². The molecule has 5 heteroatoms. The fraction of sp³-hybridized carbons (Fsp3) is 0.389. The Morgan fingerprint density at radius 1 is 1.17 bits per heavy atom. The van der Waals surface area contributed by atoms with Crippen LogP contribution < -0.4 is 5.56 Å². The second-order valence-corrected chi connectivity index (χ2v) is 6.39. The van der Waals surface area contributed by atoms with Crippen molar-refractivity contribution in [2.24, 2.45) is 5.92 Å². The molecule has 5 nitrogen and oxygen atoms in total. The number of amides is 1. The summed E-state index contributed by atoms with van der Waals surface area (Å²) in [6.45, 7) is 0.911. The first-order valence-electron chi connectivity index (χ1n) is 8.14. The monoisotopic (exact) mass is 309 g/mol. The van der Waals surface area contributed by atoms with Gasteiger partial charge in [-0.25, -0.2) is 4.98 Å². The van der Waals surface area contributed by atoms with Crippen LogP contribution in [-0.2, 0) is 11.3 Å². The molecule has 1 aliphatic heterocycles. The van der Waals surface area contributed by atoms with Gasteiger partial charge in [0.15, 0.2) is 0 Å². The minimum atomic E-state index is -0.185. The number of rotatable bonds is 4. The highest BCUT2D eigenvalue weighted by Crippen LogP contribution is 2.40. The Labute approximate surface area is 134 Å². The quantitative estimate of drug-likeness (QED) is 0.867. The minimum Gasteiger partial charge on any atom is -0.338 e. The van der Waals surface area contributed by atoms with E-state index in [-0.39, 0.29) is 18.0 Å². The number of nitrogens with zero attached hydrogens (tertiary/aromatic N) is 3. The number of carbonyl (C=O) groups is 1. The maximum absolute atomic E-state index is 12.4. The first-order chi connectivity index (χ1) is 11.2. The van der Waals surface area contributed by atoms with E-state index in [0.717, 1.165) is 18.5 Å². The van der Waals surface area contributed by atoms with Crippen molar-refractivity contribution in [1.29, 1.82) is 0 Å². The molecule has 2 heterocycles. The van der Waals surface area contributed by atoms with Crippen LogP contribution in [0, 0.1) is 5.92 Å². The molecule has 0 N–H and O–H groups in total. The molecule has 1 saturated carbocycles. The number of hydrogen-bond acceptors (Lipinski definition) is 3. The first kappa shape index (κ1) is 14.2. The smallest absolute Gasteiger partial charge is 0.254 e. The highest BCUT2D eigenvalue weighted by molar-refractivity contribution is 5.77. The van der Waals surface area contributed by atoms with E-state index in [9.17, 15) is 9.59 Å². The fourth-order valence-corrected chi connectivity index (χ4v) is 3.24. The number of benzene rings is 1. The average Bonchev–Trinajstić information content (AvgIpc) is 3.33. The number of carbonyl (C=O) groups excluding carboxylic acids is 1. The SMILES string of the molecule is O=C(Cn1cnc(-c2ccccc2)cc1=O)N1CCC1C1CC1. The molecule has 1 aliphatic carbocycles. The van der Waals surface area contributed by atoms with E-state index in [1.807, 2.05) is 35.2 Å². The Morgan fingerprint density at radius 3 is 2.57 bits per heavy atom. The van der Waals surface area contributed by atoms with Gasteiger partial charge in [0.2, 0.25) is 5.91 Å². The van der Waals surface area contributed by atoms with Crippen LogP contribution in [0.3, 0.4) is 0 Å². The highest BCUT2D eigenvalue weighted by Gasteiger charge is 2.42. The molecule has 1 amide bonds. The van der Waals surface area contributed by atoms with Gasteiger partial charge < -0.3 is 4.90 Å². The number of likely N-dealkylation sites (tertiary alicyclic amines) is 1. The topological polar surface area (TPSA) is 55.2 Å². The summed E-state index contributed by atoms with van der Waals surface area (Å²) in [7, 11) is 0. The molecule has 1 aromatic carbocycles. The van der Waals surface area contributed by atoms with Crippen LogP contribution in [0.5, 0.6) is 0 Å². The van der Waals surface area contributed by atoms with Gasteiger partial charge in [-0.1, -0.05) is 30.3 Å². The van der Waals surface area contributed by atoms with Gasteiger partial charge in [0.05, 0.1) is 12.0 Å². The largest absolute Gasteiger partial charge is 0.338 e. The van der Waals surface area contributed by atoms with E-state index >= 15 is 0 Å². The van der Waals surface area contributed by atoms with Crippen LogP contribution in [0.25, 0.3) is 11.3 Å². The van der Waals surface area contributed by atoms with Crippen molar-refractivity contribution in [3.8, 4) is 11.3 Å². The lowest BCUT2D eigenvalue weighted by Crippen LogP contribution is -2.53. The summed E-state index contributed by atoms with van der Waals surface area (Å²) in [6, 6.07) is 11.5. The summed E-state index contributed by atoms with van der Waals surface area (Å²) in [5, 5.41) is 0. The molecule has 1 saturated heterocycles. The molecule has 1 aromatic heterocycles. The normalized spacial score (nSPS) is 20.2.